The van der Waals surface area contributed by atoms with E-state index in [0.717, 1.165) is 42.6 Å². The molecular weight excluding hydrogens is 667 g/mol. The highest BCUT2D eigenvalue weighted by Crippen LogP contribution is 2.35. The third-order valence-corrected chi connectivity index (χ3v) is 8.64. The minimum atomic E-state index is -4.57. The number of nitrogens with zero attached hydrogens (tertiary/aromatic N) is 4. The maximum Gasteiger partial charge on any atom is 0.416 e. The molecule has 1 aliphatic rings. The van der Waals surface area contributed by atoms with Gasteiger partial charge in [0.25, 0.3) is 5.91 Å². The Morgan fingerprint density at radius 3 is 2.49 bits per heavy atom. The Balaban J connectivity index is 1.31. The number of alkyl halides is 3. The van der Waals surface area contributed by atoms with Gasteiger partial charge in [-0.1, -0.05) is 12.1 Å². The Hall–Kier alpha value is -5.70. The monoisotopic (exact) mass is 703 g/mol. The zero-order chi connectivity index (χ0) is 36.1. The minimum Gasteiger partial charge on any atom is -0.497 e. The number of anilines is 2. The van der Waals surface area contributed by atoms with E-state index in [0.29, 0.717) is 53.8 Å². The lowest BCUT2D eigenvalue weighted by Gasteiger charge is -2.28. The zero-order valence-corrected chi connectivity index (χ0v) is 28.1. The highest BCUT2D eigenvalue weighted by Gasteiger charge is 2.31. The number of imidazole rings is 1. The fraction of sp³-hybridized carbons (Fsp3) is 0.306. The molecule has 15 heteroatoms. The summed E-state index contributed by atoms with van der Waals surface area (Å²) in [6.45, 7) is 2.68. The standard InChI is InChI=1S/C36H36F3N7O5/c1-21(47)51-20-27-10-8-25(19-42-27)34-45-31(22-4-6-23(7-5-22)35(48)44-30-16-26(12-13-40-30)36(37,38)39)32-33(41-14-15-46(32)34)43-18-24-9-11-28(49-2)17-29(24)50-3/h4-7,9,11-17,25,27,42H,8,10,18-20H2,1-3H3,(H,41,43)(H,40,44,48)/t25-,27-/m0/s1. The molecule has 2 atom stereocenters. The van der Waals surface area contributed by atoms with Gasteiger partial charge in [0.15, 0.2) is 5.82 Å². The van der Waals surface area contributed by atoms with Crippen molar-refractivity contribution in [2.24, 2.45) is 0 Å². The third kappa shape index (κ3) is 8.04. The first-order valence-corrected chi connectivity index (χ1v) is 16.2. The number of benzene rings is 2. The van der Waals surface area contributed by atoms with Crippen LogP contribution in [0.3, 0.4) is 0 Å². The van der Waals surface area contributed by atoms with Crippen LogP contribution in [0.5, 0.6) is 11.5 Å². The number of rotatable bonds is 11. The summed E-state index contributed by atoms with van der Waals surface area (Å²) in [5.41, 5.74) is 2.22. The molecule has 1 fully saturated rings. The van der Waals surface area contributed by atoms with E-state index in [1.165, 1.54) is 6.92 Å². The average Bonchev–Trinajstić information content (AvgIpc) is 3.53. The number of nitrogens with one attached hydrogen (secondary N) is 3. The Morgan fingerprint density at radius 2 is 1.80 bits per heavy atom. The van der Waals surface area contributed by atoms with Crippen LogP contribution in [0.2, 0.25) is 0 Å². The molecule has 0 spiro atoms. The molecule has 5 aromatic rings. The zero-order valence-electron chi connectivity index (χ0n) is 28.1. The van der Waals surface area contributed by atoms with Crippen molar-refractivity contribution < 1.29 is 37.0 Å². The molecule has 0 saturated carbocycles. The maximum absolute atomic E-state index is 13.2. The summed E-state index contributed by atoms with van der Waals surface area (Å²) in [7, 11) is 3.18. The van der Waals surface area contributed by atoms with Gasteiger partial charge in [0.1, 0.15) is 41.0 Å². The number of esters is 1. The van der Waals surface area contributed by atoms with Crippen LogP contribution in [0.4, 0.5) is 24.8 Å². The number of halogens is 3. The van der Waals surface area contributed by atoms with Gasteiger partial charge in [-0.25, -0.2) is 15.0 Å². The van der Waals surface area contributed by atoms with Gasteiger partial charge in [0.2, 0.25) is 0 Å². The quantitative estimate of drug-likeness (QED) is 0.139. The molecule has 3 aromatic heterocycles. The van der Waals surface area contributed by atoms with Gasteiger partial charge < -0.3 is 30.2 Å². The van der Waals surface area contributed by atoms with Gasteiger partial charge in [-0.15, -0.1) is 0 Å². The molecule has 51 heavy (non-hydrogen) atoms. The summed E-state index contributed by atoms with van der Waals surface area (Å²) in [5.74, 6) is 1.57. The summed E-state index contributed by atoms with van der Waals surface area (Å²) in [4.78, 5) is 38.0. The van der Waals surface area contributed by atoms with Gasteiger partial charge in [-0.3, -0.25) is 14.0 Å². The molecule has 4 heterocycles. The lowest BCUT2D eigenvalue weighted by atomic mass is 9.94. The minimum absolute atomic E-state index is 0.0294. The van der Waals surface area contributed by atoms with Crippen LogP contribution in [0.25, 0.3) is 16.8 Å². The van der Waals surface area contributed by atoms with Crippen molar-refractivity contribution in [1.29, 1.82) is 0 Å². The molecule has 12 nitrogen and oxygen atoms in total. The molecule has 0 unspecified atom stereocenters. The van der Waals surface area contributed by atoms with E-state index in [9.17, 15) is 22.8 Å². The van der Waals surface area contributed by atoms with E-state index >= 15 is 0 Å². The molecule has 1 aliphatic heterocycles. The van der Waals surface area contributed by atoms with Gasteiger partial charge in [0.05, 0.1) is 19.8 Å². The van der Waals surface area contributed by atoms with Crippen LogP contribution in [0, 0.1) is 0 Å². The number of amides is 1. The van der Waals surface area contributed by atoms with Crippen molar-refractivity contribution in [3.05, 3.63) is 95.7 Å². The number of aromatic nitrogens is 4. The lowest BCUT2D eigenvalue weighted by molar-refractivity contribution is -0.142. The molecule has 0 radical (unpaired) electrons. The number of fused-ring (bicyclic) bond motifs is 1. The Kier molecular flexibility index (Phi) is 10.4. The molecule has 0 aliphatic carbocycles. The second-order valence-corrected chi connectivity index (χ2v) is 12.0. The normalized spacial score (nSPS) is 16.0. The SMILES string of the molecule is COc1ccc(CNc2nccn3c([C@H]4CC[C@@H](COC(C)=O)NC4)nc(-c4ccc(C(=O)Nc5cc(C(F)(F)F)ccn5)cc4)c23)c(OC)c1. The van der Waals surface area contributed by atoms with Crippen LogP contribution in [-0.4, -0.2) is 64.6 Å². The molecule has 266 valence electrons. The van der Waals surface area contributed by atoms with Gasteiger partial charge >= 0.3 is 12.1 Å². The second-order valence-electron chi connectivity index (χ2n) is 12.0. The van der Waals surface area contributed by atoms with E-state index in [4.69, 9.17) is 19.2 Å². The highest BCUT2D eigenvalue weighted by atomic mass is 19.4. The van der Waals surface area contributed by atoms with Gasteiger partial charge in [-0.2, -0.15) is 13.2 Å². The predicted molar refractivity (Wildman–Crippen MR) is 183 cm³/mol. The summed E-state index contributed by atoms with van der Waals surface area (Å²) in [5, 5.41) is 9.36. The maximum atomic E-state index is 13.2. The van der Waals surface area contributed by atoms with Crippen molar-refractivity contribution in [2.45, 2.75) is 44.4 Å². The fourth-order valence-electron chi connectivity index (χ4n) is 6.00. The van der Waals surface area contributed by atoms with Crippen molar-refractivity contribution in [2.75, 3.05) is 38.0 Å². The molecular formula is C36H36F3N7O5. The first kappa shape index (κ1) is 35.1. The van der Waals surface area contributed by atoms with Crippen molar-refractivity contribution in [3.63, 3.8) is 0 Å². The van der Waals surface area contributed by atoms with Gasteiger partial charge in [-0.05, 0) is 49.2 Å². The Bertz CT molecular complexity index is 2030. The van der Waals surface area contributed by atoms with E-state index in [2.05, 4.69) is 25.9 Å². The number of hydrogen-bond acceptors (Lipinski definition) is 10. The third-order valence-electron chi connectivity index (χ3n) is 8.64. The number of carbonyl (C=O) groups excluding carboxylic acids is 2. The van der Waals surface area contributed by atoms with Crippen LogP contribution < -0.4 is 25.4 Å². The topological polar surface area (TPSA) is 141 Å². The van der Waals surface area contributed by atoms with Crippen molar-refractivity contribution in [1.82, 2.24) is 24.7 Å². The van der Waals surface area contributed by atoms with Crippen LogP contribution in [-0.2, 0) is 22.3 Å². The van der Waals surface area contributed by atoms with Crippen molar-refractivity contribution >= 4 is 29.0 Å². The summed E-state index contributed by atoms with van der Waals surface area (Å²) < 4.78 is 57.7. The fourth-order valence-corrected chi connectivity index (χ4v) is 6.00. The number of methoxy groups -OCH3 is 2. The lowest BCUT2D eigenvalue weighted by Crippen LogP contribution is -2.41. The number of pyridine rings is 1. The number of carbonyl (C=O) groups is 2. The molecule has 2 aromatic carbocycles. The summed E-state index contributed by atoms with van der Waals surface area (Å²) in [6.07, 6.45) is 1.56. The predicted octanol–water partition coefficient (Wildman–Crippen LogP) is 6.09. The van der Waals surface area contributed by atoms with Crippen LogP contribution in [0.15, 0.2) is 73.2 Å². The summed E-state index contributed by atoms with van der Waals surface area (Å²) in [6, 6.07) is 13.9. The van der Waals surface area contributed by atoms with Crippen LogP contribution in [0.1, 0.15) is 53.0 Å². The molecule has 1 amide bonds. The average molecular weight is 704 g/mol. The first-order chi connectivity index (χ1) is 24.5. The Labute approximate surface area is 291 Å². The van der Waals surface area contributed by atoms with E-state index in [1.54, 1.807) is 50.7 Å². The largest absolute Gasteiger partial charge is 0.497 e. The molecule has 6 rings (SSSR count). The van der Waals surface area contributed by atoms with E-state index < -0.39 is 17.6 Å². The van der Waals surface area contributed by atoms with Crippen molar-refractivity contribution in [3.8, 4) is 22.8 Å². The Morgan fingerprint density at radius 1 is 1.00 bits per heavy atom. The van der Waals surface area contributed by atoms with Gasteiger partial charge in [0, 0.05) is 73.3 Å². The summed E-state index contributed by atoms with van der Waals surface area (Å²) >= 11 is 0. The molecule has 0 bridgehead atoms. The first-order valence-electron chi connectivity index (χ1n) is 16.2. The number of hydrogen-bond donors (Lipinski definition) is 3. The molecule has 1 saturated heterocycles. The number of ether oxygens (including phenoxy) is 3. The van der Waals surface area contributed by atoms with E-state index in [-0.39, 0.29) is 29.3 Å². The van der Waals surface area contributed by atoms with E-state index in [1.807, 2.05) is 22.7 Å². The second kappa shape index (κ2) is 15.0. The number of piperidine rings is 1. The highest BCUT2D eigenvalue weighted by molar-refractivity contribution is 6.04. The smallest absolute Gasteiger partial charge is 0.416 e. The molecule has 3 N–H and O–H groups in total. The van der Waals surface area contributed by atoms with Crippen LogP contribution >= 0.6 is 0 Å².